The van der Waals surface area contributed by atoms with Crippen LogP contribution in [-0.2, 0) is 9.53 Å². The molecular weight excluding hydrogens is 254 g/mol. The second kappa shape index (κ2) is 8.63. The molecule has 2 N–H and O–H groups in total. The van der Waals surface area contributed by atoms with E-state index < -0.39 is 11.5 Å². The molecule has 0 heterocycles. The van der Waals surface area contributed by atoms with E-state index in [0.717, 1.165) is 19.4 Å². The van der Waals surface area contributed by atoms with Gasteiger partial charge in [-0.1, -0.05) is 27.7 Å². The second-order valence-electron chi connectivity index (χ2n) is 7.07. The molecule has 0 aromatic carbocycles. The molecular formula is C16H33NO3. The fourth-order valence-corrected chi connectivity index (χ4v) is 2.18. The minimum Gasteiger partial charge on any atom is -0.480 e. The molecule has 1 atom stereocenters. The molecule has 0 aromatic rings. The largest absolute Gasteiger partial charge is 0.480 e. The van der Waals surface area contributed by atoms with Crippen molar-refractivity contribution in [1.82, 2.24) is 5.32 Å². The lowest BCUT2D eigenvalue weighted by Gasteiger charge is -2.31. The van der Waals surface area contributed by atoms with Gasteiger partial charge in [-0.25, -0.2) is 0 Å². The summed E-state index contributed by atoms with van der Waals surface area (Å²) in [5.41, 5.74) is -0.533. The summed E-state index contributed by atoms with van der Waals surface area (Å²) in [4.78, 5) is 11.5. The zero-order chi connectivity index (χ0) is 15.8. The first-order valence-electron chi connectivity index (χ1n) is 7.72. The second-order valence-corrected chi connectivity index (χ2v) is 7.07. The highest BCUT2D eigenvalue weighted by atomic mass is 16.5. The number of carboxylic acid groups (broad SMARTS) is 1. The van der Waals surface area contributed by atoms with Gasteiger partial charge in [0.25, 0.3) is 0 Å². The van der Waals surface area contributed by atoms with Gasteiger partial charge < -0.3 is 9.84 Å². The third kappa shape index (κ3) is 7.85. The molecule has 0 spiro atoms. The summed E-state index contributed by atoms with van der Waals surface area (Å²) in [7, 11) is 0. The van der Waals surface area contributed by atoms with E-state index >= 15 is 0 Å². The van der Waals surface area contributed by atoms with Crippen LogP contribution in [-0.4, -0.2) is 35.9 Å². The van der Waals surface area contributed by atoms with Crippen LogP contribution < -0.4 is 5.32 Å². The van der Waals surface area contributed by atoms with Gasteiger partial charge >= 0.3 is 5.97 Å². The van der Waals surface area contributed by atoms with Crippen molar-refractivity contribution in [1.29, 1.82) is 0 Å². The monoisotopic (exact) mass is 287 g/mol. The standard InChI is InChI=1S/C16H33NO3/c1-7-16(14(18)19,17-13(2)3)9-8-11-20-12-10-15(4,5)6/h13,17H,7-12H2,1-6H3,(H,18,19). The maximum atomic E-state index is 11.5. The lowest BCUT2D eigenvalue weighted by molar-refractivity contribution is -0.146. The summed E-state index contributed by atoms with van der Waals surface area (Å²) < 4.78 is 5.61. The molecule has 4 heteroatoms. The average Bonchev–Trinajstić information content (AvgIpc) is 2.29. The summed E-state index contributed by atoms with van der Waals surface area (Å²) >= 11 is 0. The van der Waals surface area contributed by atoms with Crippen LogP contribution >= 0.6 is 0 Å². The van der Waals surface area contributed by atoms with Gasteiger partial charge in [-0.05, 0) is 44.9 Å². The van der Waals surface area contributed by atoms with E-state index in [-0.39, 0.29) is 11.5 Å². The minimum atomic E-state index is -0.818. The van der Waals surface area contributed by atoms with Crippen LogP contribution in [0.15, 0.2) is 0 Å². The third-order valence-electron chi connectivity index (χ3n) is 3.47. The Morgan fingerprint density at radius 3 is 2.20 bits per heavy atom. The van der Waals surface area contributed by atoms with E-state index in [1.165, 1.54) is 0 Å². The highest BCUT2D eigenvalue weighted by molar-refractivity contribution is 5.78. The molecule has 20 heavy (non-hydrogen) atoms. The van der Waals surface area contributed by atoms with Crippen LogP contribution in [0.5, 0.6) is 0 Å². The number of hydrogen-bond donors (Lipinski definition) is 2. The van der Waals surface area contributed by atoms with Gasteiger partial charge in [-0.3, -0.25) is 10.1 Å². The van der Waals surface area contributed by atoms with Crippen LogP contribution in [0.2, 0.25) is 0 Å². The fraction of sp³-hybridized carbons (Fsp3) is 0.938. The van der Waals surface area contributed by atoms with Gasteiger partial charge in [-0.2, -0.15) is 0 Å². The number of nitrogens with one attached hydrogen (secondary N) is 1. The Morgan fingerprint density at radius 1 is 1.20 bits per heavy atom. The van der Waals surface area contributed by atoms with Crippen molar-refractivity contribution in [3.63, 3.8) is 0 Å². The quantitative estimate of drug-likeness (QED) is 0.604. The molecule has 4 nitrogen and oxygen atoms in total. The van der Waals surface area contributed by atoms with Gasteiger partial charge in [0, 0.05) is 19.3 Å². The predicted molar refractivity (Wildman–Crippen MR) is 83.1 cm³/mol. The van der Waals surface area contributed by atoms with Gasteiger partial charge in [0.15, 0.2) is 0 Å². The van der Waals surface area contributed by atoms with Crippen LogP contribution in [0.4, 0.5) is 0 Å². The van der Waals surface area contributed by atoms with E-state index in [1.807, 2.05) is 20.8 Å². The molecule has 0 aliphatic heterocycles. The summed E-state index contributed by atoms with van der Waals surface area (Å²) in [5, 5.41) is 12.7. The van der Waals surface area contributed by atoms with Crippen molar-refractivity contribution in [3.05, 3.63) is 0 Å². The average molecular weight is 287 g/mol. The number of ether oxygens (including phenoxy) is 1. The van der Waals surface area contributed by atoms with Crippen LogP contribution in [0.25, 0.3) is 0 Å². The Morgan fingerprint density at radius 2 is 1.80 bits per heavy atom. The molecule has 0 aliphatic rings. The van der Waals surface area contributed by atoms with Crippen LogP contribution in [0.3, 0.4) is 0 Å². The molecule has 0 amide bonds. The molecule has 0 aliphatic carbocycles. The van der Waals surface area contributed by atoms with Gasteiger partial charge in [0.05, 0.1) is 0 Å². The van der Waals surface area contributed by atoms with Crippen molar-refractivity contribution in [3.8, 4) is 0 Å². The topological polar surface area (TPSA) is 58.6 Å². The number of carbonyl (C=O) groups is 1. The van der Waals surface area contributed by atoms with Gasteiger partial charge in [0.2, 0.25) is 0 Å². The van der Waals surface area contributed by atoms with Crippen molar-refractivity contribution >= 4 is 5.97 Å². The first kappa shape index (κ1) is 19.4. The lowest BCUT2D eigenvalue weighted by atomic mass is 9.89. The molecule has 120 valence electrons. The maximum Gasteiger partial charge on any atom is 0.323 e. The van der Waals surface area contributed by atoms with E-state index in [1.54, 1.807) is 0 Å². The van der Waals surface area contributed by atoms with Crippen LogP contribution in [0.1, 0.15) is 67.2 Å². The Labute approximate surface area is 124 Å². The summed E-state index contributed by atoms with van der Waals surface area (Å²) in [6.45, 7) is 13.8. The van der Waals surface area contributed by atoms with E-state index in [0.29, 0.717) is 19.4 Å². The third-order valence-corrected chi connectivity index (χ3v) is 3.47. The highest BCUT2D eigenvalue weighted by Crippen LogP contribution is 2.20. The number of carboxylic acids is 1. The fourth-order valence-electron chi connectivity index (χ4n) is 2.18. The highest BCUT2D eigenvalue weighted by Gasteiger charge is 2.36. The lowest BCUT2D eigenvalue weighted by Crippen LogP contribution is -2.54. The molecule has 0 saturated heterocycles. The Bertz CT molecular complexity index is 284. The first-order chi connectivity index (χ1) is 9.13. The van der Waals surface area contributed by atoms with E-state index in [2.05, 4.69) is 26.1 Å². The molecule has 0 bridgehead atoms. The molecule has 0 aromatic heterocycles. The number of hydrogen-bond acceptors (Lipinski definition) is 3. The smallest absolute Gasteiger partial charge is 0.323 e. The molecule has 0 rings (SSSR count). The predicted octanol–water partition coefficient (Wildman–Crippen LogP) is 3.45. The van der Waals surface area contributed by atoms with Crippen molar-refractivity contribution < 1.29 is 14.6 Å². The first-order valence-corrected chi connectivity index (χ1v) is 7.72. The number of aliphatic carboxylic acids is 1. The zero-order valence-electron chi connectivity index (χ0n) is 14.1. The SMILES string of the molecule is CCC(CCCOCCC(C)(C)C)(NC(C)C)C(=O)O. The minimum absolute atomic E-state index is 0.160. The van der Waals surface area contributed by atoms with E-state index in [9.17, 15) is 9.90 Å². The zero-order valence-corrected chi connectivity index (χ0v) is 14.1. The normalized spacial score (nSPS) is 15.3. The molecule has 0 saturated carbocycles. The van der Waals surface area contributed by atoms with Crippen LogP contribution in [0, 0.1) is 5.41 Å². The summed E-state index contributed by atoms with van der Waals surface area (Å²) in [6.07, 6.45) is 2.98. The van der Waals surface area contributed by atoms with Gasteiger partial charge in [0.1, 0.15) is 5.54 Å². The molecule has 0 fully saturated rings. The molecule has 1 unspecified atom stereocenters. The number of rotatable bonds is 10. The van der Waals surface area contributed by atoms with Crippen molar-refractivity contribution in [2.45, 2.75) is 78.8 Å². The van der Waals surface area contributed by atoms with Gasteiger partial charge in [-0.15, -0.1) is 0 Å². The summed E-state index contributed by atoms with van der Waals surface area (Å²) in [5.74, 6) is -0.761. The Hall–Kier alpha value is -0.610. The van der Waals surface area contributed by atoms with Crippen molar-refractivity contribution in [2.75, 3.05) is 13.2 Å². The Kier molecular flexibility index (Phi) is 8.36. The van der Waals surface area contributed by atoms with E-state index in [4.69, 9.17) is 4.74 Å². The van der Waals surface area contributed by atoms with Crippen molar-refractivity contribution in [2.24, 2.45) is 5.41 Å². The summed E-state index contributed by atoms with van der Waals surface area (Å²) in [6, 6.07) is 0.160. The maximum absolute atomic E-state index is 11.5. The Balaban J connectivity index is 4.12. The molecule has 0 radical (unpaired) electrons.